The van der Waals surface area contributed by atoms with Crippen LogP contribution in [0.1, 0.15) is 59.8 Å². The Morgan fingerprint density at radius 2 is 1.85 bits per heavy atom. The van der Waals surface area contributed by atoms with Crippen LogP contribution in [0.4, 0.5) is 0 Å². The number of hydrogen-bond donors (Lipinski definition) is 0. The molecule has 3 heteroatoms. The van der Waals surface area contributed by atoms with Gasteiger partial charge in [0.15, 0.2) is 0 Å². The minimum atomic E-state index is 0.114. The second-order valence-electron chi connectivity index (χ2n) is 6.43. The smallest absolute Gasteiger partial charge is 0.0707 e. The molecule has 2 atom stereocenters. The van der Waals surface area contributed by atoms with Gasteiger partial charge in [0.1, 0.15) is 0 Å². The van der Waals surface area contributed by atoms with E-state index in [0.29, 0.717) is 19.1 Å². The summed E-state index contributed by atoms with van der Waals surface area (Å²) in [5.74, 6) is 1.40. The average Bonchev–Trinajstić information content (AvgIpc) is 2.41. The van der Waals surface area contributed by atoms with E-state index in [1.165, 1.54) is 25.7 Å². The molecule has 0 spiro atoms. The summed E-state index contributed by atoms with van der Waals surface area (Å²) in [6.45, 7) is 12.7. The molecule has 2 unspecified atom stereocenters. The molecule has 0 amide bonds. The third-order valence-electron chi connectivity index (χ3n) is 4.44. The van der Waals surface area contributed by atoms with Crippen molar-refractivity contribution >= 4 is 0 Å². The van der Waals surface area contributed by atoms with Gasteiger partial charge in [-0.25, -0.2) is 0 Å². The molecule has 1 rings (SSSR count). The molecular weight excluding hydrogens is 252 g/mol. The van der Waals surface area contributed by atoms with E-state index in [1.54, 1.807) is 0 Å². The van der Waals surface area contributed by atoms with Gasteiger partial charge in [0, 0.05) is 19.8 Å². The summed E-state index contributed by atoms with van der Waals surface area (Å²) in [5.41, 5.74) is 0.114. The van der Waals surface area contributed by atoms with E-state index in [-0.39, 0.29) is 5.60 Å². The van der Waals surface area contributed by atoms with E-state index >= 15 is 0 Å². The molecule has 0 N–H and O–H groups in total. The highest BCUT2D eigenvalue weighted by Gasteiger charge is 2.38. The van der Waals surface area contributed by atoms with Gasteiger partial charge in [-0.15, -0.1) is 0 Å². The lowest BCUT2D eigenvalue weighted by atomic mass is 9.73. The Balaban J connectivity index is 2.17. The van der Waals surface area contributed by atoms with Crippen LogP contribution >= 0.6 is 0 Å². The van der Waals surface area contributed by atoms with Crippen molar-refractivity contribution in [3.8, 4) is 0 Å². The highest BCUT2D eigenvalue weighted by Crippen LogP contribution is 2.40. The molecule has 0 aromatic rings. The van der Waals surface area contributed by atoms with Crippen molar-refractivity contribution in [1.82, 2.24) is 0 Å². The molecule has 0 bridgehead atoms. The summed E-state index contributed by atoms with van der Waals surface area (Å²) in [7, 11) is 0. The van der Waals surface area contributed by atoms with Gasteiger partial charge in [0.2, 0.25) is 0 Å². The van der Waals surface area contributed by atoms with Crippen LogP contribution in [-0.2, 0) is 14.2 Å². The first-order valence-electron chi connectivity index (χ1n) is 8.40. The quantitative estimate of drug-likeness (QED) is 0.567. The van der Waals surface area contributed by atoms with Crippen molar-refractivity contribution in [2.45, 2.75) is 65.4 Å². The Morgan fingerprint density at radius 1 is 1.10 bits per heavy atom. The second-order valence-corrected chi connectivity index (χ2v) is 6.43. The van der Waals surface area contributed by atoms with Gasteiger partial charge in [-0.05, 0) is 38.0 Å². The molecule has 1 aliphatic carbocycles. The van der Waals surface area contributed by atoms with Gasteiger partial charge in [0.05, 0.1) is 18.8 Å². The first-order valence-corrected chi connectivity index (χ1v) is 8.40. The molecule has 0 aromatic carbocycles. The van der Waals surface area contributed by atoms with Crippen molar-refractivity contribution in [2.24, 2.45) is 11.8 Å². The Labute approximate surface area is 125 Å². The van der Waals surface area contributed by atoms with E-state index in [1.807, 2.05) is 6.92 Å². The summed E-state index contributed by atoms with van der Waals surface area (Å²) in [6.07, 6.45) is 6.09. The third-order valence-corrected chi connectivity index (χ3v) is 4.44. The normalized spacial score (nSPS) is 27.1. The molecule has 0 radical (unpaired) electrons. The summed E-state index contributed by atoms with van der Waals surface area (Å²) in [4.78, 5) is 0. The molecule has 20 heavy (non-hydrogen) atoms. The summed E-state index contributed by atoms with van der Waals surface area (Å²) >= 11 is 0. The molecule has 1 aliphatic rings. The predicted octanol–water partition coefficient (Wildman–Crippen LogP) is 4.05. The third kappa shape index (κ3) is 6.11. The molecule has 0 heterocycles. The summed E-state index contributed by atoms with van der Waals surface area (Å²) in [5, 5.41) is 0. The summed E-state index contributed by atoms with van der Waals surface area (Å²) in [6, 6.07) is 0. The highest BCUT2D eigenvalue weighted by molar-refractivity contribution is 4.89. The van der Waals surface area contributed by atoms with E-state index in [9.17, 15) is 0 Å². The second kappa shape index (κ2) is 9.75. The first kappa shape index (κ1) is 17.9. The van der Waals surface area contributed by atoms with E-state index < -0.39 is 0 Å². The van der Waals surface area contributed by atoms with E-state index in [0.717, 1.165) is 32.2 Å². The Bertz CT molecular complexity index is 242. The topological polar surface area (TPSA) is 27.7 Å². The minimum Gasteiger partial charge on any atom is -0.379 e. The Morgan fingerprint density at radius 3 is 2.50 bits per heavy atom. The van der Waals surface area contributed by atoms with Crippen LogP contribution in [0.5, 0.6) is 0 Å². The van der Waals surface area contributed by atoms with Gasteiger partial charge >= 0.3 is 0 Å². The summed E-state index contributed by atoms with van der Waals surface area (Å²) < 4.78 is 17.1. The largest absolute Gasteiger partial charge is 0.379 e. The maximum atomic E-state index is 6.32. The van der Waals surface area contributed by atoms with Gasteiger partial charge in [-0.1, -0.05) is 33.6 Å². The maximum Gasteiger partial charge on any atom is 0.0707 e. The fraction of sp³-hybridized carbons (Fsp3) is 1.00. The van der Waals surface area contributed by atoms with Crippen LogP contribution in [-0.4, -0.2) is 38.6 Å². The molecule has 3 nitrogen and oxygen atoms in total. The lowest BCUT2D eigenvalue weighted by molar-refractivity contribution is -0.115. The first-order chi connectivity index (χ1) is 9.60. The lowest BCUT2D eigenvalue weighted by Gasteiger charge is -2.43. The number of hydrogen-bond acceptors (Lipinski definition) is 3. The van der Waals surface area contributed by atoms with E-state index in [4.69, 9.17) is 14.2 Å². The van der Waals surface area contributed by atoms with Gasteiger partial charge in [0.25, 0.3) is 0 Å². The van der Waals surface area contributed by atoms with Gasteiger partial charge in [-0.3, -0.25) is 0 Å². The molecule has 120 valence electrons. The number of rotatable bonds is 10. The molecule has 0 aromatic heterocycles. The molecular formula is C17H34O3. The highest BCUT2D eigenvalue weighted by atomic mass is 16.5. The zero-order valence-corrected chi connectivity index (χ0v) is 14.0. The average molecular weight is 286 g/mol. The van der Waals surface area contributed by atoms with E-state index in [2.05, 4.69) is 20.8 Å². The molecule has 0 aliphatic heterocycles. The SMILES string of the molecule is CCOCCOCCCOC1(C(C)C)CCCC(C)C1. The lowest BCUT2D eigenvalue weighted by Crippen LogP contribution is -2.43. The number of ether oxygens (including phenoxy) is 3. The molecule has 1 fully saturated rings. The van der Waals surface area contributed by atoms with Crippen LogP contribution in [0.15, 0.2) is 0 Å². The standard InChI is InChI=1S/C17H34O3/c1-5-18-12-13-19-10-7-11-20-17(15(2)3)9-6-8-16(4)14-17/h15-16H,5-14H2,1-4H3. The van der Waals surface area contributed by atoms with Gasteiger partial charge in [-0.2, -0.15) is 0 Å². The molecule has 1 saturated carbocycles. The minimum absolute atomic E-state index is 0.114. The van der Waals surface area contributed by atoms with Crippen LogP contribution in [0.2, 0.25) is 0 Å². The van der Waals surface area contributed by atoms with Crippen LogP contribution < -0.4 is 0 Å². The van der Waals surface area contributed by atoms with Crippen molar-refractivity contribution < 1.29 is 14.2 Å². The zero-order valence-electron chi connectivity index (χ0n) is 14.0. The Kier molecular flexibility index (Phi) is 8.74. The van der Waals surface area contributed by atoms with Crippen LogP contribution in [0.3, 0.4) is 0 Å². The van der Waals surface area contributed by atoms with Crippen LogP contribution in [0.25, 0.3) is 0 Å². The van der Waals surface area contributed by atoms with Crippen molar-refractivity contribution in [3.05, 3.63) is 0 Å². The van der Waals surface area contributed by atoms with Gasteiger partial charge < -0.3 is 14.2 Å². The fourth-order valence-electron chi connectivity index (χ4n) is 3.17. The maximum absolute atomic E-state index is 6.32. The van der Waals surface area contributed by atoms with Crippen molar-refractivity contribution in [1.29, 1.82) is 0 Å². The van der Waals surface area contributed by atoms with Crippen LogP contribution in [0, 0.1) is 11.8 Å². The monoisotopic (exact) mass is 286 g/mol. The molecule has 0 saturated heterocycles. The predicted molar refractivity (Wildman–Crippen MR) is 83.1 cm³/mol. The van der Waals surface area contributed by atoms with Crippen molar-refractivity contribution in [2.75, 3.05) is 33.0 Å². The van der Waals surface area contributed by atoms with Crippen molar-refractivity contribution in [3.63, 3.8) is 0 Å². The Hall–Kier alpha value is -0.120. The fourth-order valence-corrected chi connectivity index (χ4v) is 3.17. The zero-order chi connectivity index (χ0) is 14.8.